The highest BCUT2D eigenvalue weighted by Crippen LogP contribution is 2.31. The van der Waals surface area contributed by atoms with Crippen molar-refractivity contribution in [3.63, 3.8) is 0 Å². The number of imidazole rings is 1. The Morgan fingerprint density at radius 1 is 1.14 bits per heavy atom. The van der Waals surface area contributed by atoms with Crippen molar-refractivity contribution < 1.29 is 4.52 Å². The highest BCUT2D eigenvalue weighted by atomic mass is 16.5. The van der Waals surface area contributed by atoms with Crippen LogP contribution < -0.4 is 0 Å². The summed E-state index contributed by atoms with van der Waals surface area (Å²) >= 11 is 0. The molecule has 0 amide bonds. The molecule has 0 spiro atoms. The molecule has 0 aliphatic carbocycles. The van der Waals surface area contributed by atoms with Crippen LogP contribution in [-0.4, -0.2) is 19.5 Å². The smallest absolute Gasteiger partial charge is 0.177 e. The molecule has 0 aliphatic heterocycles. The molecule has 0 aliphatic rings. The Balaban J connectivity index is 1.88. The van der Waals surface area contributed by atoms with Gasteiger partial charge in [-0.1, -0.05) is 11.2 Å². The van der Waals surface area contributed by atoms with E-state index in [1.54, 1.807) is 12.4 Å². The van der Waals surface area contributed by atoms with Gasteiger partial charge in [0.05, 0.1) is 17.5 Å². The van der Waals surface area contributed by atoms with Crippen LogP contribution in [0.5, 0.6) is 0 Å². The van der Waals surface area contributed by atoms with E-state index in [9.17, 15) is 0 Å². The molecular weight excluding hydrogens is 264 g/mol. The maximum atomic E-state index is 5.45. The summed E-state index contributed by atoms with van der Waals surface area (Å²) < 4.78 is 7.40. The predicted molar refractivity (Wildman–Crippen MR) is 78.7 cm³/mol. The first-order chi connectivity index (χ1) is 10.3. The fourth-order valence-electron chi connectivity index (χ4n) is 2.38. The van der Waals surface area contributed by atoms with Crippen LogP contribution in [-0.2, 0) is 0 Å². The van der Waals surface area contributed by atoms with E-state index >= 15 is 0 Å². The fourth-order valence-corrected chi connectivity index (χ4v) is 2.38. The summed E-state index contributed by atoms with van der Waals surface area (Å²) in [6.07, 6.45) is 7.35. The third-order valence-electron chi connectivity index (χ3n) is 3.39. The first-order valence-electron chi connectivity index (χ1n) is 6.63. The van der Waals surface area contributed by atoms with E-state index < -0.39 is 0 Å². The van der Waals surface area contributed by atoms with Crippen LogP contribution in [0.2, 0.25) is 0 Å². The second-order valence-corrected chi connectivity index (χ2v) is 4.84. The molecule has 0 aromatic carbocycles. The fraction of sp³-hybridized carbons (Fsp3) is 0.0625. The maximum Gasteiger partial charge on any atom is 0.177 e. The Kier molecular flexibility index (Phi) is 2.57. The Bertz CT molecular complexity index is 923. The van der Waals surface area contributed by atoms with Gasteiger partial charge in [0.15, 0.2) is 5.76 Å². The van der Waals surface area contributed by atoms with Crippen LogP contribution in [0.3, 0.4) is 0 Å². The summed E-state index contributed by atoms with van der Waals surface area (Å²) in [7, 11) is 0. The van der Waals surface area contributed by atoms with Gasteiger partial charge in [0, 0.05) is 29.8 Å². The number of aryl methyl sites for hydroxylation is 1. The number of hydrogen-bond donors (Lipinski definition) is 0. The zero-order chi connectivity index (χ0) is 14.2. The van der Waals surface area contributed by atoms with Gasteiger partial charge in [0.2, 0.25) is 0 Å². The number of aromatic nitrogens is 4. The number of pyridine rings is 2. The molecule has 0 radical (unpaired) electrons. The van der Waals surface area contributed by atoms with Crippen LogP contribution in [0.25, 0.3) is 28.2 Å². The van der Waals surface area contributed by atoms with Gasteiger partial charge in [-0.15, -0.1) is 0 Å². The zero-order valence-corrected chi connectivity index (χ0v) is 11.4. The first-order valence-corrected chi connectivity index (χ1v) is 6.63. The van der Waals surface area contributed by atoms with Crippen molar-refractivity contribution in [2.75, 3.05) is 0 Å². The summed E-state index contributed by atoms with van der Waals surface area (Å²) in [6.45, 7) is 1.97. The summed E-state index contributed by atoms with van der Waals surface area (Å²) in [5, 5.41) is 3.93. The van der Waals surface area contributed by atoms with Crippen molar-refractivity contribution in [3.8, 4) is 22.6 Å². The number of rotatable bonds is 2. The van der Waals surface area contributed by atoms with Crippen molar-refractivity contribution in [2.24, 2.45) is 0 Å². The lowest BCUT2D eigenvalue weighted by Crippen LogP contribution is -1.89. The van der Waals surface area contributed by atoms with Crippen molar-refractivity contribution in [3.05, 3.63) is 60.8 Å². The predicted octanol–water partition coefficient (Wildman–Crippen LogP) is 3.36. The van der Waals surface area contributed by atoms with Crippen LogP contribution in [0.1, 0.15) is 5.69 Å². The second kappa shape index (κ2) is 4.56. The van der Waals surface area contributed by atoms with Crippen LogP contribution in [0.4, 0.5) is 0 Å². The van der Waals surface area contributed by atoms with Crippen LogP contribution >= 0.6 is 0 Å². The van der Waals surface area contributed by atoms with E-state index in [-0.39, 0.29) is 0 Å². The molecular formula is C16H12N4O. The molecule has 102 valence electrons. The Morgan fingerprint density at radius 2 is 2.10 bits per heavy atom. The standard InChI is InChI=1S/C16H12N4O/c1-11-3-2-4-14(19-11)13-9-18-21-16(13)12-5-6-15-17-7-8-20(15)10-12/h2-10H,1H3. The Morgan fingerprint density at radius 3 is 3.00 bits per heavy atom. The van der Waals surface area contributed by atoms with E-state index in [4.69, 9.17) is 4.52 Å². The molecule has 0 atom stereocenters. The average Bonchev–Trinajstić information content (AvgIpc) is 3.15. The lowest BCUT2D eigenvalue weighted by molar-refractivity contribution is 0.432. The largest absolute Gasteiger partial charge is 0.356 e. The molecule has 0 unspecified atom stereocenters. The molecule has 0 saturated carbocycles. The van der Waals surface area contributed by atoms with Gasteiger partial charge in [-0.05, 0) is 31.2 Å². The lowest BCUT2D eigenvalue weighted by atomic mass is 10.1. The summed E-state index contributed by atoms with van der Waals surface area (Å²) in [6, 6.07) is 9.83. The molecule has 0 N–H and O–H groups in total. The van der Waals surface area contributed by atoms with E-state index in [2.05, 4.69) is 15.1 Å². The van der Waals surface area contributed by atoms with E-state index in [1.807, 2.05) is 54.0 Å². The average molecular weight is 276 g/mol. The van der Waals surface area contributed by atoms with Crippen molar-refractivity contribution in [2.45, 2.75) is 6.92 Å². The van der Waals surface area contributed by atoms with E-state index in [0.29, 0.717) is 5.76 Å². The van der Waals surface area contributed by atoms with Crippen molar-refractivity contribution >= 4 is 5.65 Å². The summed E-state index contributed by atoms with van der Waals surface area (Å²) in [5.74, 6) is 0.712. The minimum atomic E-state index is 0.712. The van der Waals surface area contributed by atoms with Gasteiger partial charge >= 0.3 is 0 Å². The topological polar surface area (TPSA) is 56.2 Å². The summed E-state index contributed by atoms with van der Waals surface area (Å²) in [5.41, 5.74) is 4.55. The molecule has 4 heterocycles. The Hall–Kier alpha value is -2.95. The second-order valence-electron chi connectivity index (χ2n) is 4.84. The Labute approximate surface area is 120 Å². The molecule has 21 heavy (non-hydrogen) atoms. The van der Waals surface area contributed by atoms with Crippen LogP contribution in [0, 0.1) is 6.92 Å². The van der Waals surface area contributed by atoms with Crippen molar-refractivity contribution in [1.82, 2.24) is 19.5 Å². The minimum absolute atomic E-state index is 0.712. The highest BCUT2D eigenvalue weighted by molar-refractivity contribution is 5.77. The monoisotopic (exact) mass is 276 g/mol. The highest BCUT2D eigenvalue weighted by Gasteiger charge is 2.14. The molecule has 0 fully saturated rings. The molecule has 4 rings (SSSR count). The van der Waals surface area contributed by atoms with E-state index in [1.165, 1.54) is 0 Å². The van der Waals surface area contributed by atoms with Gasteiger partial charge in [0.25, 0.3) is 0 Å². The number of hydrogen-bond acceptors (Lipinski definition) is 4. The quantitative estimate of drug-likeness (QED) is 0.563. The zero-order valence-electron chi connectivity index (χ0n) is 11.4. The van der Waals surface area contributed by atoms with Gasteiger partial charge in [0.1, 0.15) is 5.65 Å². The molecule has 4 aromatic rings. The third kappa shape index (κ3) is 1.99. The van der Waals surface area contributed by atoms with Gasteiger partial charge in [-0.25, -0.2) is 4.98 Å². The SMILES string of the molecule is Cc1cccc(-c2cnoc2-c2ccc3nccn3c2)n1. The molecule has 0 bridgehead atoms. The lowest BCUT2D eigenvalue weighted by Gasteiger charge is -2.03. The normalized spacial score (nSPS) is 11.1. The van der Waals surface area contributed by atoms with E-state index in [0.717, 1.165) is 28.2 Å². The molecule has 0 saturated heterocycles. The third-order valence-corrected chi connectivity index (χ3v) is 3.39. The minimum Gasteiger partial charge on any atom is -0.356 e. The van der Waals surface area contributed by atoms with Crippen LogP contribution in [0.15, 0.2) is 59.6 Å². The van der Waals surface area contributed by atoms with Crippen molar-refractivity contribution in [1.29, 1.82) is 0 Å². The molecule has 5 heteroatoms. The van der Waals surface area contributed by atoms with Gasteiger partial charge in [-0.2, -0.15) is 0 Å². The molecule has 4 aromatic heterocycles. The summed E-state index contributed by atoms with van der Waals surface area (Å²) in [4.78, 5) is 8.77. The number of nitrogens with zero attached hydrogens (tertiary/aromatic N) is 4. The first kappa shape index (κ1) is 11.8. The maximum absolute atomic E-state index is 5.45. The number of fused-ring (bicyclic) bond motifs is 1. The van der Waals surface area contributed by atoms with Gasteiger partial charge < -0.3 is 8.92 Å². The van der Waals surface area contributed by atoms with Gasteiger partial charge in [-0.3, -0.25) is 4.98 Å². The molecule has 5 nitrogen and oxygen atoms in total.